The van der Waals surface area contributed by atoms with Crippen LogP contribution in [0.4, 0.5) is 0 Å². The van der Waals surface area contributed by atoms with Gasteiger partial charge in [0.15, 0.2) is 0 Å². The van der Waals surface area contributed by atoms with Gasteiger partial charge in [0, 0.05) is 18.1 Å². The van der Waals surface area contributed by atoms with Gasteiger partial charge < -0.3 is 9.26 Å². The molecule has 1 fully saturated rings. The number of benzene rings is 2. The third-order valence-electron chi connectivity index (χ3n) is 4.44. The Kier molecular flexibility index (Phi) is 4.63. The van der Waals surface area contributed by atoms with Crippen LogP contribution in [-0.4, -0.2) is 43.1 Å². The summed E-state index contributed by atoms with van der Waals surface area (Å²) in [5.74, 6) is 1.34. The van der Waals surface area contributed by atoms with Crippen molar-refractivity contribution >= 4 is 21.6 Å². The van der Waals surface area contributed by atoms with E-state index in [-0.39, 0.29) is 10.8 Å². The summed E-state index contributed by atoms with van der Waals surface area (Å²) in [7, 11) is -1.98. The van der Waals surface area contributed by atoms with Gasteiger partial charge in [-0.05, 0) is 36.4 Å². The monoisotopic (exact) mass is 405 g/mol. The van der Waals surface area contributed by atoms with Crippen LogP contribution in [0.15, 0.2) is 57.9 Å². The molecule has 9 heteroatoms. The molecule has 1 aliphatic rings. The topological polar surface area (TPSA) is 85.5 Å². The first-order chi connectivity index (χ1) is 13.0. The number of halogens is 1. The smallest absolute Gasteiger partial charge is 0.243 e. The van der Waals surface area contributed by atoms with Crippen LogP contribution in [0, 0.1) is 0 Å². The number of aromatic nitrogens is 2. The fraction of sp³-hybridized carbons (Fsp3) is 0.222. The highest BCUT2D eigenvalue weighted by Gasteiger charge is 2.40. The van der Waals surface area contributed by atoms with Crippen molar-refractivity contribution in [3.8, 4) is 17.1 Å². The van der Waals surface area contributed by atoms with Crippen molar-refractivity contribution in [2.75, 3.05) is 20.2 Å². The highest BCUT2D eigenvalue weighted by molar-refractivity contribution is 7.89. The highest BCUT2D eigenvalue weighted by Crippen LogP contribution is 2.33. The second-order valence-corrected chi connectivity index (χ2v) is 8.50. The molecule has 1 saturated heterocycles. The van der Waals surface area contributed by atoms with Gasteiger partial charge in [-0.15, -0.1) is 0 Å². The lowest BCUT2D eigenvalue weighted by molar-refractivity contribution is 0.217. The van der Waals surface area contributed by atoms with Crippen LogP contribution in [0.3, 0.4) is 0 Å². The van der Waals surface area contributed by atoms with E-state index in [9.17, 15) is 8.42 Å². The highest BCUT2D eigenvalue weighted by atomic mass is 35.5. The Morgan fingerprint density at radius 3 is 2.56 bits per heavy atom. The summed E-state index contributed by atoms with van der Waals surface area (Å²) in [6.45, 7) is 0.580. The van der Waals surface area contributed by atoms with Gasteiger partial charge in [0.2, 0.25) is 21.7 Å². The third kappa shape index (κ3) is 3.31. The van der Waals surface area contributed by atoms with Crippen molar-refractivity contribution in [3.63, 3.8) is 0 Å². The van der Waals surface area contributed by atoms with E-state index in [1.165, 1.54) is 16.4 Å². The van der Waals surface area contributed by atoms with Crippen LogP contribution in [0.2, 0.25) is 5.02 Å². The van der Waals surface area contributed by atoms with Gasteiger partial charge in [-0.25, -0.2) is 8.42 Å². The SMILES string of the molecule is COc1ccccc1-c1noc(C2CN(S(=O)(=O)c3ccc(Cl)cc3)C2)n1. The van der Waals surface area contributed by atoms with Crippen LogP contribution in [0.25, 0.3) is 11.4 Å². The zero-order valence-corrected chi connectivity index (χ0v) is 15.9. The molecule has 27 heavy (non-hydrogen) atoms. The van der Waals surface area contributed by atoms with Crippen LogP contribution in [0.5, 0.6) is 5.75 Å². The molecule has 0 spiro atoms. The van der Waals surface area contributed by atoms with E-state index in [0.717, 1.165) is 5.56 Å². The molecule has 0 saturated carbocycles. The minimum Gasteiger partial charge on any atom is -0.496 e. The minimum absolute atomic E-state index is 0.136. The molecule has 1 aromatic heterocycles. The standard InChI is InChI=1S/C18H16ClN3O4S/c1-25-16-5-3-2-4-15(16)17-20-18(26-21-17)12-10-22(11-12)27(23,24)14-8-6-13(19)7-9-14/h2-9,12H,10-11H2,1H3. The summed E-state index contributed by atoms with van der Waals surface area (Å²) in [4.78, 5) is 4.63. The van der Waals surface area contributed by atoms with Crippen LogP contribution in [0.1, 0.15) is 11.8 Å². The molecule has 7 nitrogen and oxygen atoms in total. The summed E-state index contributed by atoms with van der Waals surface area (Å²) >= 11 is 5.82. The predicted molar refractivity (Wildman–Crippen MR) is 99.2 cm³/mol. The van der Waals surface area contributed by atoms with E-state index >= 15 is 0 Å². The zero-order chi connectivity index (χ0) is 19.0. The maximum Gasteiger partial charge on any atom is 0.243 e. The van der Waals surface area contributed by atoms with Crippen molar-refractivity contribution in [3.05, 3.63) is 59.4 Å². The first-order valence-corrected chi connectivity index (χ1v) is 10.0. The first-order valence-electron chi connectivity index (χ1n) is 8.22. The molecule has 0 amide bonds. The summed E-state index contributed by atoms with van der Waals surface area (Å²) in [6.07, 6.45) is 0. The Morgan fingerprint density at radius 2 is 1.85 bits per heavy atom. The lowest BCUT2D eigenvalue weighted by Gasteiger charge is -2.35. The van der Waals surface area contributed by atoms with E-state index in [1.807, 2.05) is 24.3 Å². The van der Waals surface area contributed by atoms with E-state index in [2.05, 4.69) is 10.1 Å². The second-order valence-electron chi connectivity index (χ2n) is 6.13. The average molecular weight is 406 g/mol. The summed E-state index contributed by atoms with van der Waals surface area (Å²) in [5.41, 5.74) is 0.722. The number of rotatable bonds is 5. The van der Waals surface area contributed by atoms with Gasteiger partial charge in [-0.1, -0.05) is 28.9 Å². The lowest BCUT2D eigenvalue weighted by Crippen LogP contribution is -2.48. The molecular formula is C18H16ClN3O4S. The normalized spacial score (nSPS) is 15.5. The average Bonchev–Trinajstić information content (AvgIpc) is 3.10. The first kappa shape index (κ1) is 18.0. The summed E-state index contributed by atoms with van der Waals surface area (Å²) in [5, 5.41) is 4.50. The number of sulfonamides is 1. The molecule has 2 heterocycles. The van der Waals surface area contributed by atoms with Crippen molar-refractivity contribution in [1.82, 2.24) is 14.4 Å². The lowest BCUT2D eigenvalue weighted by atomic mass is 10.0. The van der Waals surface area contributed by atoms with E-state index < -0.39 is 10.0 Å². The molecule has 0 unspecified atom stereocenters. The number of methoxy groups -OCH3 is 1. The minimum atomic E-state index is -3.55. The van der Waals surface area contributed by atoms with Crippen molar-refractivity contribution in [1.29, 1.82) is 0 Å². The van der Waals surface area contributed by atoms with Gasteiger partial charge in [-0.3, -0.25) is 0 Å². The van der Waals surface area contributed by atoms with E-state index in [4.69, 9.17) is 20.9 Å². The number of para-hydroxylation sites is 1. The second kappa shape index (κ2) is 6.95. The molecule has 2 aromatic carbocycles. The molecule has 1 aliphatic heterocycles. The quantitative estimate of drug-likeness (QED) is 0.648. The molecule has 0 aliphatic carbocycles. The van der Waals surface area contributed by atoms with Gasteiger partial charge in [0.25, 0.3) is 0 Å². The Bertz CT molecular complexity index is 1060. The van der Waals surface area contributed by atoms with Crippen molar-refractivity contribution in [2.24, 2.45) is 0 Å². The van der Waals surface area contributed by atoms with E-state index in [1.54, 1.807) is 19.2 Å². The molecule has 4 rings (SSSR count). The molecule has 3 aromatic rings. The van der Waals surface area contributed by atoms with Crippen LogP contribution >= 0.6 is 11.6 Å². The van der Waals surface area contributed by atoms with E-state index in [0.29, 0.717) is 35.6 Å². The fourth-order valence-electron chi connectivity index (χ4n) is 2.89. The maximum atomic E-state index is 12.6. The number of ether oxygens (including phenoxy) is 1. The Morgan fingerprint density at radius 1 is 1.15 bits per heavy atom. The van der Waals surface area contributed by atoms with Gasteiger partial charge >= 0.3 is 0 Å². The Labute approximate surface area is 161 Å². The van der Waals surface area contributed by atoms with Crippen LogP contribution < -0.4 is 4.74 Å². The van der Waals surface area contributed by atoms with Crippen molar-refractivity contribution in [2.45, 2.75) is 10.8 Å². The maximum absolute atomic E-state index is 12.6. The number of nitrogens with zero attached hydrogens (tertiary/aromatic N) is 3. The molecule has 0 radical (unpaired) electrons. The Balaban J connectivity index is 1.49. The molecule has 0 bridgehead atoms. The van der Waals surface area contributed by atoms with Crippen LogP contribution in [-0.2, 0) is 10.0 Å². The summed E-state index contributed by atoms with van der Waals surface area (Å²) in [6, 6.07) is 13.5. The summed E-state index contributed by atoms with van der Waals surface area (Å²) < 4.78 is 37.3. The van der Waals surface area contributed by atoms with Gasteiger partial charge in [0.05, 0.1) is 23.5 Å². The predicted octanol–water partition coefficient (Wildman–Crippen LogP) is 3.19. The van der Waals surface area contributed by atoms with Crippen molar-refractivity contribution < 1.29 is 17.7 Å². The third-order valence-corrected chi connectivity index (χ3v) is 6.54. The number of hydrogen-bond acceptors (Lipinski definition) is 6. The van der Waals surface area contributed by atoms with Gasteiger partial charge in [0.1, 0.15) is 5.75 Å². The van der Waals surface area contributed by atoms with Gasteiger partial charge in [-0.2, -0.15) is 9.29 Å². The molecule has 140 valence electrons. The molecule has 0 N–H and O–H groups in total. The molecular weight excluding hydrogens is 390 g/mol. The fourth-order valence-corrected chi connectivity index (χ4v) is 4.54. The zero-order valence-electron chi connectivity index (χ0n) is 14.4. The largest absolute Gasteiger partial charge is 0.496 e. The Hall–Kier alpha value is -2.42. The number of hydrogen-bond donors (Lipinski definition) is 0. The molecule has 0 atom stereocenters.